The zero-order valence-corrected chi connectivity index (χ0v) is 15.0. The molecule has 0 N–H and O–H groups in total. The maximum Gasteiger partial charge on any atom is 0.242 e. The number of ether oxygens (including phenoxy) is 1. The van der Waals surface area contributed by atoms with Crippen molar-refractivity contribution in [2.24, 2.45) is 0 Å². The molecule has 6 nitrogen and oxygen atoms in total. The number of hydrogen-bond acceptors (Lipinski definition) is 4. The molecular formula is C19H28N2O4. The van der Waals surface area contributed by atoms with Crippen LogP contribution in [0.25, 0.3) is 0 Å². The van der Waals surface area contributed by atoms with Crippen molar-refractivity contribution >= 4 is 11.8 Å². The Morgan fingerprint density at radius 2 is 2.20 bits per heavy atom. The van der Waals surface area contributed by atoms with E-state index in [9.17, 15) is 9.59 Å². The van der Waals surface area contributed by atoms with Gasteiger partial charge < -0.3 is 19.0 Å². The molecule has 1 aliphatic rings. The lowest BCUT2D eigenvalue weighted by Crippen LogP contribution is -2.45. The second kappa shape index (κ2) is 10.0. The average Bonchev–Trinajstić information content (AvgIpc) is 3.28. The number of nitrogens with zero attached hydrogens (tertiary/aromatic N) is 2. The molecule has 25 heavy (non-hydrogen) atoms. The van der Waals surface area contributed by atoms with Gasteiger partial charge in [-0.3, -0.25) is 9.59 Å². The van der Waals surface area contributed by atoms with Crippen LogP contribution in [0.2, 0.25) is 0 Å². The second-order valence-corrected chi connectivity index (χ2v) is 6.30. The van der Waals surface area contributed by atoms with E-state index in [0.29, 0.717) is 26.1 Å². The lowest BCUT2D eigenvalue weighted by Gasteiger charge is -2.28. The summed E-state index contributed by atoms with van der Waals surface area (Å²) in [4.78, 5) is 28.4. The first-order valence-electron chi connectivity index (χ1n) is 8.94. The first-order chi connectivity index (χ1) is 12.1. The molecule has 1 aliphatic heterocycles. The molecule has 6 heteroatoms. The smallest absolute Gasteiger partial charge is 0.242 e. The van der Waals surface area contributed by atoms with Crippen molar-refractivity contribution in [2.45, 2.75) is 45.3 Å². The fourth-order valence-corrected chi connectivity index (χ4v) is 2.92. The van der Waals surface area contributed by atoms with Crippen molar-refractivity contribution in [1.82, 2.24) is 9.80 Å². The van der Waals surface area contributed by atoms with Crippen LogP contribution in [-0.2, 0) is 20.9 Å². The van der Waals surface area contributed by atoms with Crippen LogP contribution < -0.4 is 0 Å². The number of rotatable bonds is 10. The number of carbonyl (C=O) groups excluding carboxylic acids is 2. The lowest BCUT2D eigenvalue weighted by molar-refractivity contribution is -0.141. The third-order valence-corrected chi connectivity index (χ3v) is 4.22. The summed E-state index contributed by atoms with van der Waals surface area (Å²) in [5.74, 6) is 0.602. The molecule has 0 radical (unpaired) electrons. The Morgan fingerprint density at radius 3 is 2.80 bits per heavy atom. The number of carbonyl (C=O) groups is 2. The van der Waals surface area contributed by atoms with Gasteiger partial charge in [0.05, 0.1) is 18.9 Å². The van der Waals surface area contributed by atoms with Gasteiger partial charge in [0, 0.05) is 26.1 Å². The molecule has 0 spiro atoms. The Kier molecular flexibility index (Phi) is 7.73. The van der Waals surface area contributed by atoms with Crippen LogP contribution in [-0.4, -0.2) is 54.0 Å². The van der Waals surface area contributed by atoms with E-state index in [2.05, 4.69) is 6.58 Å². The number of hydrogen-bond donors (Lipinski definition) is 0. The molecule has 1 fully saturated rings. The summed E-state index contributed by atoms with van der Waals surface area (Å²) in [6, 6.07) is 3.65. The van der Waals surface area contributed by atoms with Gasteiger partial charge in [0.25, 0.3) is 0 Å². The maximum atomic E-state index is 12.9. The summed E-state index contributed by atoms with van der Waals surface area (Å²) in [6.45, 7) is 7.71. The van der Waals surface area contributed by atoms with Gasteiger partial charge in [-0.05, 0) is 31.4 Å². The van der Waals surface area contributed by atoms with E-state index < -0.39 is 0 Å². The number of furan rings is 1. The monoisotopic (exact) mass is 348 g/mol. The highest BCUT2D eigenvalue weighted by Crippen LogP contribution is 2.16. The Bertz CT molecular complexity index is 550. The van der Waals surface area contributed by atoms with Crippen LogP contribution in [0, 0.1) is 0 Å². The van der Waals surface area contributed by atoms with E-state index in [1.807, 2.05) is 13.0 Å². The topological polar surface area (TPSA) is 63.0 Å². The molecule has 2 amide bonds. The highest BCUT2D eigenvalue weighted by atomic mass is 16.5. The molecular weight excluding hydrogens is 320 g/mol. The number of amides is 2. The molecule has 2 rings (SSSR count). The largest absolute Gasteiger partial charge is 0.467 e. The third-order valence-electron chi connectivity index (χ3n) is 4.22. The molecule has 1 aromatic rings. The van der Waals surface area contributed by atoms with Gasteiger partial charge in [0.2, 0.25) is 11.8 Å². The van der Waals surface area contributed by atoms with Crippen LogP contribution in [0.1, 0.15) is 38.4 Å². The van der Waals surface area contributed by atoms with Crippen molar-refractivity contribution in [3.05, 3.63) is 36.8 Å². The highest BCUT2D eigenvalue weighted by Gasteiger charge is 2.25. The Balaban J connectivity index is 2.03. The average molecular weight is 348 g/mol. The maximum absolute atomic E-state index is 12.9. The van der Waals surface area contributed by atoms with E-state index in [1.54, 1.807) is 28.2 Å². The first kappa shape index (κ1) is 19.2. The van der Waals surface area contributed by atoms with E-state index in [0.717, 1.165) is 31.6 Å². The van der Waals surface area contributed by atoms with Crippen LogP contribution in [0.3, 0.4) is 0 Å². The third kappa shape index (κ3) is 6.05. The predicted molar refractivity (Wildman–Crippen MR) is 94.8 cm³/mol. The fourth-order valence-electron chi connectivity index (χ4n) is 2.92. The second-order valence-electron chi connectivity index (χ2n) is 6.30. The summed E-state index contributed by atoms with van der Waals surface area (Å²) in [6.07, 6.45) is 6.46. The molecule has 0 aliphatic carbocycles. The molecule has 1 atom stereocenters. The zero-order valence-electron chi connectivity index (χ0n) is 15.0. The van der Waals surface area contributed by atoms with Gasteiger partial charge in [-0.25, -0.2) is 0 Å². The Morgan fingerprint density at radius 1 is 1.36 bits per heavy atom. The molecule has 0 bridgehead atoms. The summed E-state index contributed by atoms with van der Waals surface area (Å²) in [5, 5.41) is 0. The van der Waals surface area contributed by atoms with Crippen LogP contribution >= 0.6 is 0 Å². The minimum absolute atomic E-state index is 0.0224. The Hall–Kier alpha value is -2.08. The van der Waals surface area contributed by atoms with Gasteiger partial charge in [0.15, 0.2) is 0 Å². The quantitative estimate of drug-likeness (QED) is 0.610. The van der Waals surface area contributed by atoms with Gasteiger partial charge in [0.1, 0.15) is 12.3 Å². The first-order valence-corrected chi connectivity index (χ1v) is 8.94. The van der Waals surface area contributed by atoms with Gasteiger partial charge >= 0.3 is 0 Å². The fraction of sp³-hybridized carbons (Fsp3) is 0.579. The molecule has 0 saturated carbocycles. The van der Waals surface area contributed by atoms with Crippen LogP contribution in [0.15, 0.2) is 35.5 Å². The minimum atomic E-state index is -0.0989. The van der Waals surface area contributed by atoms with E-state index >= 15 is 0 Å². The Labute approximate surface area is 149 Å². The SMILES string of the molecule is C=CCN(CC(=O)N(Cc1ccco1)CC1CCCO1)C(=O)CCC. The molecule has 1 unspecified atom stereocenters. The standard InChI is InChI=1S/C19H28N2O4/c1-3-7-18(22)20(10-4-2)15-19(23)21(13-16-8-5-11-24-16)14-17-9-6-12-25-17/h4-5,8,11,17H,2-3,6-7,9-10,12-15H2,1H3. The van der Waals surface area contributed by atoms with Crippen LogP contribution in [0.4, 0.5) is 0 Å². The summed E-state index contributed by atoms with van der Waals surface area (Å²) < 4.78 is 11.1. The van der Waals surface area contributed by atoms with Crippen molar-refractivity contribution in [3.63, 3.8) is 0 Å². The van der Waals surface area contributed by atoms with E-state index in [4.69, 9.17) is 9.15 Å². The molecule has 2 heterocycles. The summed E-state index contributed by atoms with van der Waals surface area (Å²) in [7, 11) is 0. The molecule has 138 valence electrons. The van der Waals surface area contributed by atoms with Crippen molar-refractivity contribution in [1.29, 1.82) is 0 Å². The molecule has 1 saturated heterocycles. The summed E-state index contributed by atoms with van der Waals surface area (Å²) in [5.41, 5.74) is 0. The zero-order chi connectivity index (χ0) is 18.1. The normalized spacial score (nSPS) is 16.6. The van der Waals surface area contributed by atoms with E-state index in [1.165, 1.54) is 0 Å². The predicted octanol–water partition coefficient (Wildman–Crippen LogP) is 2.60. The molecule has 1 aromatic heterocycles. The highest BCUT2D eigenvalue weighted by molar-refractivity contribution is 5.85. The lowest BCUT2D eigenvalue weighted by atomic mass is 10.2. The van der Waals surface area contributed by atoms with Gasteiger partial charge in [-0.2, -0.15) is 0 Å². The van der Waals surface area contributed by atoms with Crippen molar-refractivity contribution in [3.8, 4) is 0 Å². The van der Waals surface area contributed by atoms with Crippen molar-refractivity contribution in [2.75, 3.05) is 26.2 Å². The van der Waals surface area contributed by atoms with Crippen LogP contribution in [0.5, 0.6) is 0 Å². The van der Waals surface area contributed by atoms with E-state index in [-0.39, 0.29) is 24.5 Å². The molecule has 0 aromatic carbocycles. The van der Waals surface area contributed by atoms with Crippen molar-refractivity contribution < 1.29 is 18.7 Å². The summed E-state index contributed by atoms with van der Waals surface area (Å²) >= 11 is 0. The van der Waals surface area contributed by atoms with Gasteiger partial charge in [-0.15, -0.1) is 6.58 Å². The minimum Gasteiger partial charge on any atom is -0.467 e. The van der Waals surface area contributed by atoms with Gasteiger partial charge in [-0.1, -0.05) is 13.0 Å².